The number of ether oxygens (including phenoxy) is 1. The third-order valence-corrected chi connectivity index (χ3v) is 3.25. The SMILES string of the molecule is C/C(=C\C1(C(=O)OC(C)C)CC1(C)C)CO. The smallest absolute Gasteiger partial charge is 0.316 e. The van der Waals surface area contributed by atoms with Gasteiger partial charge in [-0.2, -0.15) is 0 Å². The summed E-state index contributed by atoms with van der Waals surface area (Å²) in [7, 11) is 0. The van der Waals surface area contributed by atoms with Gasteiger partial charge in [-0.15, -0.1) is 0 Å². The molecule has 0 aromatic heterocycles. The van der Waals surface area contributed by atoms with Crippen LogP contribution in [0.4, 0.5) is 0 Å². The van der Waals surface area contributed by atoms with Gasteiger partial charge in [0.25, 0.3) is 0 Å². The molecule has 1 atom stereocenters. The Labute approximate surface area is 97.5 Å². The summed E-state index contributed by atoms with van der Waals surface area (Å²) < 4.78 is 5.29. The van der Waals surface area contributed by atoms with Crippen LogP contribution in [0.25, 0.3) is 0 Å². The Morgan fingerprint density at radius 1 is 1.50 bits per heavy atom. The second-order valence-electron chi connectivity index (χ2n) is 5.63. The number of rotatable bonds is 4. The second-order valence-corrected chi connectivity index (χ2v) is 5.63. The van der Waals surface area contributed by atoms with E-state index in [0.29, 0.717) is 0 Å². The van der Waals surface area contributed by atoms with Gasteiger partial charge >= 0.3 is 5.97 Å². The Hall–Kier alpha value is -0.830. The Morgan fingerprint density at radius 3 is 2.31 bits per heavy atom. The van der Waals surface area contributed by atoms with E-state index in [2.05, 4.69) is 13.8 Å². The van der Waals surface area contributed by atoms with Crippen LogP contribution in [0.2, 0.25) is 0 Å². The van der Waals surface area contributed by atoms with E-state index in [0.717, 1.165) is 12.0 Å². The molecule has 92 valence electrons. The van der Waals surface area contributed by atoms with E-state index >= 15 is 0 Å². The normalized spacial score (nSPS) is 28.1. The summed E-state index contributed by atoms with van der Waals surface area (Å²) in [5.41, 5.74) is 0.241. The van der Waals surface area contributed by atoms with Gasteiger partial charge in [0.1, 0.15) is 0 Å². The van der Waals surface area contributed by atoms with Crippen LogP contribution in [0.1, 0.15) is 41.0 Å². The summed E-state index contributed by atoms with van der Waals surface area (Å²) in [6.07, 6.45) is 2.57. The molecule has 1 unspecified atom stereocenters. The molecule has 3 heteroatoms. The highest BCUT2D eigenvalue weighted by Gasteiger charge is 2.66. The minimum Gasteiger partial charge on any atom is -0.462 e. The van der Waals surface area contributed by atoms with Gasteiger partial charge < -0.3 is 9.84 Å². The maximum absolute atomic E-state index is 12.1. The standard InChI is InChI=1S/C13H22O3/c1-9(2)16-11(15)13(6-10(3)7-14)8-12(13,4)5/h6,9,14H,7-8H2,1-5H3/b10-6+. The average molecular weight is 226 g/mol. The molecule has 1 saturated carbocycles. The lowest BCUT2D eigenvalue weighted by Gasteiger charge is -2.18. The van der Waals surface area contributed by atoms with Crippen LogP contribution in [0, 0.1) is 10.8 Å². The van der Waals surface area contributed by atoms with Crippen molar-refractivity contribution in [1.29, 1.82) is 0 Å². The van der Waals surface area contributed by atoms with Crippen molar-refractivity contribution in [2.45, 2.75) is 47.1 Å². The van der Waals surface area contributed by atoms with Crippen molar-refractivity contribution in [3.8, 4) is 0 Å². The van der Waals surface area contributed by atoms with Gasteiger partial charge in [-0.25, -0.2) is 0 Å². The molecular formula is C13H22O3. The number of carbonyl (C=O) groups is 1. The largest absolute Gasteiger partial charge is 0.462 e. The van der Waals surface area contributed by atoms with Crippen molar-refractivity contribution in [1.82, 2.24) is 0 Å². The molecule has 0 spiro atoms. The summed E-state index contributed by atoms with van der Waals surface area (Å²) in [5.74, 6) is -0.166. The van der Waals surface area contributed by atoms with Crippen molar-refractivity contribution in [2.75, 3.05) is 6.61 Å². The fraction of sp³-hybridized carbons (Fsp3) is 0.769. The average Bonchev–Trinajstić information content (AvgIpc) is 2.68. The summed E-state index contributed by atoms with van der Waals surface area (Å²) in [4.78, 5) is 12.1. The first-order valence-corrected chi connectivity index (χ1v) is 5.75. The van der Waals surface area contributed by atoms with Crippen molar-refractivity contribution >= 4 is 5.97 Å². The highest BCUT2D eigenvalue weighted by atomic mass is 16.5. The van der Waals surface area contributed by atoms with Gasteiger partial charge in [-0.1, -0.05) is 25.5 Å². The van der Waals surface area contributed by atoms with Crippen LogP contribution in [0.15, 0.2) is 11.6 Å². The molecule has 1 fully saturated rings. The van der Waals surface area contributed by atoms with Crippen molar-refractivity contribution in [3.05, 3.63) is 11.6 Å². The number of hydrogen-bond donors (Lipinski definition) is 1. The van der Waals surface area contributed by atoms with E-state index in [1.165, 1.54) is 0 Å². The fourth-order valence-corrected chi connectivity index (χ4v) is 2.09. The minimum atomic E-state index is -0.524. The van der Waals surface area contributed by atoms with Gasteiger partial charge in [0.05, 0.1) is 18.1 Å². The van der Waals surface area contributed by atoms with Crippen LogP contribution in [0.3, 0.4) is 0 Å². The molecule has 16 heavy (non-hydrogen) atoms. The molecular weight excluding hydrogens is 204 g/mol. The second kappa shape index (κ2) is 4.21. The van der Waals surface area contributed by atoms with E-state index < -0.39 is 5.41 Å². The van der Waals surface area contributed by atoms with Gasteiger partial charge in [0, 0.05) is 0 Å². The minimum absolute atomic E-state index is 0.00715. The Kier molecular flexibility index (Phi) is 3.48. The molecule has 1 aliphatic rings. The lowest BCUT2D eigenvalue weighted by atomic mass is 9.93. The van der Waals surface area contributed by atoms with Crippen molar-refractivity contribution in [2.24, 2.45) is 10.8 Å². The number of hydrogen-bond acceptors (Lipinski definition) is 3. The number of esters is 1. The molecule has 1 N–H and O–H groups in total. The van der Waals surface area contributed by atoms with E-state index in [1.54, 1.807) is 0 Å². The zero-order valence-corrected chi connectivity index (χ0v) is 10.8. The molecule has 0 radical (unpaired) electrons. The van der Waals surface area contributed by atoms with Crippen LogP contribution in [-0.4, -0.2) is 23.8 Å². The van der Waals surface area contributed by atoms with Crippen LogP contribution in [-0.2, 0) is 9.53 Å². The van der Waals surface area contributed by atoms with E-state index in [1.807, 2.05) is 26.8 Å². The number of aliphatic hydroxyl groups is 1. The first kappa shape index (κ1) is 13.2. The maximum atomic E-state index is 12.1. The summed E-state index contributed by atoms with van der Waals surface area (Å²) in [6.45, 7) is 9.63. The molecule has 0 aromatic carbocycles. The van der Waals surface area contributed by atoms with Crippen LogP contribution < -0.4 is 0 Å². The molecule has 1 aliphatic carbocycles. The van der Waals surface area contributed by atoms with Gasteiger partial charge in [0.15, 0.2) is 0 Å². The molecule has 3 nitrogen and oxygen atoms in total. The zero-order valence-electron chi connectivity index (χ0n) is 10.8. The molecule has 0 amide bonds. The highest BCUT2D eigenvalue weighted by Crippen LogP contribution is 2.65. The lowest BCUT2D eigenvalue weighted by Crippen LogP contribution is -2.25. The molecule has 0 aromatic rings. The van der Waals surface area contributed by atoms with Crippen LogP contribution >= 0.6 is 0 Å². The fourth-order valence-electron chi connectivity index (χ4n) is 2.09. The van der Waals surface area contributed by atoms with Crippen LogP contribution in [0.5, 0.6) is 0 Å². The zero-order chi connectivity index (χ0) is 12.6. The summed E-state index contributed by atoms with van der Waals surface area (Å²) >= 11 is 0. The predicted octanol–water partition coefficient (Wildman–Crippen LogP) is 2.29. The summed E-state index contributed by atoms with van der Waals surface area (Å²) in [6, 6.07) is 0. The lowest BCUT2D eigenvalue weighted by molar-refractivity contribution is -0.153. The molecule has 0 bridgehead atoms. The van der Waals surface area contributed by atoms with Gasteiger partial charge in [0.2, 0.25) is 0 Å². The van der Waals surface area contributed by atoms with E-state index in [-0.39, 0.29) is 24.1 Å². The van der Waals surface area contributed by atoms with Gasteiger partial charge in [-0.05, 0) is 32.6 Å². The van der Waals surface area contributed by atoms with Gasteiger partial charge in [-0.3, -0.25) is 4.79 Å². The first-order chi connectivity index (χ1) is 7.25. The third kappa shape index (κ3) is 2.29. The van der Waals surface area contributed by atoms with Crippen molar-refractivity contribution < 1.29 is 14.6 Å². The third-order valence-electron chi connectivity index (χ3n) is 3.25. The quantitative estimate of drug-likeness (QED) is 0.591. The topological polar surface area (TPSA) is 46.5 Å². The number of aliphatic hydroxyl groups excluding tert-OH is 1. The molecule has 0 aliphatic heterocycles. The van der Waals surface area contributed by atoms with Crippen molar-refractivity contribution in [3.63, 3.8) is 0 Å². The monoisotopic (exact) mass is 226 g/mol. The van der Waals surface area contributed by atoms with E-state index in [4.69, 9.17) is 9.84 Å². The maximum Gasteiger partial charge on any atom is 0.316 e. The van der Waals surface area contributed by atoms with E-state index in [9.17, 15) is 4.79 Å². The first-order valence-electron chi connectivity index (χ1n) is 5.75. The Balaban J connectivity index is 2.89. The molecule has 0 saturated heterocycles. The Bertz CT molecular complexity index is 315. The molecule has 0 heterocycles. The summed E-state index contributed by atoms with van der Waals surface area (Å²) in [5, 5.41) is 9.04. The predicted molar refractivity (Wildman–Crippen MR) is 62.9 cm³/mol. The molecule has 1 rings (SSSR count). The number of carbonyl (C=O) groups excluding carboxylic acids is 1. The Morgan fingerprint density at radius 2 is 2.00 bits per heavy atom. The highest BCUT2D eigenvalue weighted by molar-refractivity contribution is 5.84.